The molecule has 1 aromatic rings. The molecule has 0 bridgehead atoms. The molecule has 4 N–H and O–H groups in total. The number of hydrogen-bond donors (Lipinski definition) is 4. The molecule has 0 heterocycles. The Balaban J connectivity index is 1.71. The zero-order chi connectivity index (χ0) is 17.8. The van der Waals surface area contributed by atoms with Crippen LogP contribution >= 0.6 is 11.8 Å². The third kappa shape index (κ3) is 4.54. The number of hydrogen-bond acceptors (Lipinski definition) is 6. The number of rotatable bonds is 5. The Kier molecular flexibility index (Phi) is 5.63. The molecular weight excluding hydrogens is 334 g/mol. The first-order chi connectivity index (χ1) is 12.0. The minimum atomic E-state index is -0.668. The summed E-state index contributed by atoms with van der Waals surface area (Å²) >= 11 is 1.73. The lowest BCUT2D eigenvalue weighted by Crippen LogP contribution is -2.48. The molecule has 3 rings (SSSR count). The van der Waals surface area contributed by atoms with Crippen molar-refractivity contribution in [2.24, 2.45) is 0 Å². The van der Waals surface area contributed by atoms with Crippen LogP contribution in [0, 0.1) is 5.41 Å². The van der Waals surface area contributed by atoms with Crippen LogP contribution in [-0.4, -0.2) is 40.1 Å². The second-order valence-electron chi connectivity index (χ2n) is 6.22. The molecule has 2 aliphatic rings. The second-order valence-corrected chi connectivity index (χ2v) is 7.42. The Labute approximate surface area is 152 Å². The molecule has 0 radical (unpaired) electrons. The summed E-state index contributed by atoms with van der Waals surface area (Å²) in [5.41, 5.74) is 4.32. The van der Waals surface area contributed by atoms with Crippen LogP contribution in [0.15, 0.2) is 69.8 Å². The lowest BCUT2D eigenvalue weighted by molar-refractivity contribution is 0.162. The molecule has 5 nitrogen and oxygen atoms in total. The van der Waals surface area contributed by atoms with E-state index in [-0.39, 0.29) is 11.8 Å². The first-order valence-corrected chi connectivity index (χ1v) is 9.14. The highest BCUT2D eigenvalue weighted by atomic mass is 32.2. The molecule has 0 spiro atoms. The van der Waals surface area contributed by atoms with Gasteiger partial charge in [0.15, 0.2) is 0 Å². The molecule has 1 aromatic carbocycles. The Morgan fingerprint density at radius 2 is 2.00 bits per heavy atom. The highest BCUT2D eigenvalue weighted by molar-refractivity contribution is 8.03. The second kappa shape index (κ2) is 7.91. The molecule has 0 amide bonds. The monoisotopic (exact) mass is 357 g/mol. The van der Waals surface area contributed by atoms with Crippen LogP contribution in [0.2, 0.25) is 0 Å². The number of nitrogens with one attached hydrogen (secondary N) is 2. The Hall–Kier alpha value is -2.02. The summed E-state index contributed by atoms with van der Waals surface area (Å²) in [5, 5.41) is 29.8. The fourth-order valence-corrected chi connectivity index (χ4v) is 3.89. The molecule has 0 aromatic heterocycles. The standard InChI is InChI=1S/C19H23N3O2S/c1-22(21-17-11-13(23)7-10-19(17)24)18-12-15(8-9-16(18)20)25-14-5-3-2-4-6-14/h2-7,11-12,18-21,23-24H,8-10H2,1H3. The number of hydrazine groups is 1. The minimum absolute atomic E-state index is 0.149. The zero-order valence-corrected chi connectivity index (χ0v) is 15.0. The van der Waals surface area contributed by atoms with Crippen molar-refractivity contribution < 1.29 is 10.2 Å². The van der Waals surface area contributed by atoms with E-state index in [2.05, 4.69) is 23.6 Å². The molecule has 2 aliphatic carbocycles. The topological polar surface area (TPSA) is 79.6 Å². The third-order valence-electron chi connectivity index (χ3n) is 4.27. The van der Waals surface area contributed by atoms with E-state index in [1.165, 1.54) is 15.9 Å². The van der Waals surface area contributed by atoms with Crippen molar-refractivity contribution >= 4 is 17.5 Å². The molecule has 25 heavy (non-hydrogen) atoms. The Morgan fingerprint density at radius 3 is 2.76 bits per heavy atom. The van der Waals surface area contributed by atoms with Gasteiger partial charge in [0.25, 0.3) is 0 Å². The molecular formula is C19H23N3O2S. The van der Waals surface area contributed by atoms with Crippen molar-refractivity contribution in [2.75, 3.05) is 7.05 Å². The van der Waals surface area contributed by atoms with Crippen LogP contribution in [0.25, 0.3) is 0 Å². The minimum Gasteiger partial charge on any atom is -0.508 e. The van der Waals surface area contributed by atoms with Gasteiger partial charge in [0.05, 0.1) is 17.8 Å². The predicted octanol–water partition coefficient (Wildman–Crippen LogP) is 3.37. The van der Waals surface area contributed by atoms with Gasteiger partial charge in [-0.15, -0.1) is 0 Å². The number of allylic oxidation sites excluding steroid dienone is 2. The lowest BCUT2D eigenvalue weighted by atomic mass is 10.00. The SMILES string of the molecule is CN(NC1=CC(O)=CCC1O)C1C=C(Sc2ccccc2)CCC1=N. The van der Waals surface area contributed by atoms with Gasteiger partial charge in [-0.1, -0.05) is 36.0 Å². The largest absolute Gasteiger partial charge is 0.508 e. The fraction of sp³-hybridized carbons (Fsp3) is 0.316. The van der Waals surface area contributed by atoms with Crippen LogP contribution in [0.1, 0.15) is 19.3 Å². The molecule has 0 aliphatic heterocycles. The van der Waals surface area contributed by atoms with E-state index in [0.717, 1.165) is 12.8 Å². The summed E-state index contributed by atoms with van der Waals surface area (Å²) < 4.78 is 0. The first-order valence-electron chi connectivity index (χ1n) is 8.32. The first kappa shape index (κ1) is 17.8. The smallest absolute Gasteiger partial charge is 0.113 e. The number of thioether (sulfide) groups is 1. The van der Waals surface area contributed by atoms with E-state index in [4.69, 9.17) is 5.41 Å². The molecule has 0 fully saturated rings. The quantitative estimate of drug-likeness (QED) is 0.608. The van der Waals surface area contributed by atoms with Crippen LogP contribution in [0.5, 0.6) is 0 Å². The van der Waals surface area contributed by atoms with Gasteiger partial charge in [0, 0.05) is 30.2 Å². The summed E-state index contributed by atoms with van der Waals surface area (Å²) in [5.74, 6) is 0.149. The zero-order valence-electron chi connectivity index (χ0n) is 14.1. The lowest BCUT2D eigenvalue weighted by Gasteiger charge is -2.33. The number of aliphatic hydroxyl groups excluding tert-OH is 2. The highest BCUT2D eigenvalue weighted by Crippen LogP contribution is 2.33. The van der Waals surface area contributed by atoms with Gasteiger partial charge in [-0.2, -0.15) is 0 Å². The van der Waals surface area contributed by atoms with Gasteiger partial charge in [-0.25, -0.2) is 5.01 Å². The van der Waals surface area contributed by atoms with E-state index < -0.39 is 6.10 Å². The maximum atomic E-state index is 10.1. The van der Waals surface area contributed by atoms with E-state index in [1.807, 2.05) is 30.3 Å². The van der Waals surface area contributed by atoms with Crippen molar-refractivity contribution in [2.45, 2.75) is 36.3 Å². The fourth-order valence-electron chi connectivity index (χ4n) is 2.89. The summed E-state index contributed by atoms with van der Waals surface area (Å²) in [6, 6.07) is 10.0. The summed E-state index contributed by atoms with van der Waals surface area (Å²) in [7, 11) is 1.86. The van der Waals surface area contributed by atoms with E-state index >= 15 is 0 Å². The average Bonchev–Trinajstić information content (AvgIpc) is 2.60. The average molecular weight is 357 g/mol. The Bertz CT molecular complexity index is 727. The van der Waals surface area contributed by atoms with Gasteiger partial charge < -0.3 is 21.0 Å². The number of likely N-dealkylation sites (N-methyl/N-ethyl adjacent to an activating group) is 1. The van der Waals surface area contributed by atoms with Gasteiger partial charge >= 0.3 is 0 Å². The molecule has 0 saturated heterocycles. The van der Waals surface area contributed by atoms with E-state index in [0.29, 0.717) is 17.8 Å². The number of nitrogens with zero attached hydrogens (tertiary/aromatic N) is 1. The van der Waals surface area contributed by atoms with Crippen molar-refractivity contribution in [1.82, 2.24) is 10.4 Å². The van der Waals surface area contributed by atoms with Crippen molar-refractivity contribution in [3.8, 4) is 0 Å². The van der Waals surface area contributed by atoms with Gasteiger partial charge in [-0.05, 0) is 36.0 Å². The maximum Gasteiger partial charge on any atom is 0.113 e. The van der Waals surface area contributed by atoms with Crippen LogP contribution < -0.4 is 5.43 Å². The van der Waals surface area contributed by atoms with Crippen LogP contribution in [-0.2, 0) is 0 Å². The van der Waals surface area contributed by atoms with Crippen molar-refractivity contribution in [1.29, 1.82) is 5.41 Å². The maximum absolute atomic E-state index is 10.1. The normalized spacial score (nSPS) is 23.8. The summed E-state index contributed by atoms with van der Waals surface area (Å²) in [6.45, 7) is 0. The number of aliphatic hydroxyl groups is 2. The Morgan fingerprint density at radius 1 is 1.24 bits per heavy atom. The van der Waals surface area contributed by atoms with Crippen LogP contribution in [0.4, 0.5) is 0 Å². The van der Waals surface area contributed by atoms with Gasteiger partial charge in [0.1, 0.15) is 5.76 Å². The summed E-state index contributed by atoms with van der Waals surface area (Å²) in [6.07, 6.45) is 6.52. The summed E-state index contributed by atoms with van der Waals surface area (Å²) in [4.78, 5) is 2.43. The molecule has 2 atom stereocenters. The van der Waals surface area contributed by atoms with Crippen LogP contribution in [0.3, 0.4) is 0 Å². The van der Waals surface area contributed by atoms with Gasteiger partial charge in [-0.3, -0.25) is 0 Å². The molecule has 2 unspecified atom stereocenters. The highest BCUT2D eigenvalue weighted by Gasteiger charge is 2.25. The predicted molar refractivity (Wildman–Crippen MR) is 101 cm³/mol. The van der Waals surface area contributed by atoms with Gasteiger partial charge in [0.2, 0.25) is 0 Å². The number of benzene rings is 1. The van der Waals surface area contributed by atoms with E-state index in [1.54, 1.807) is 17.8 Å². The van der Waals surface area contributed by atoms with Crippen molar-refractivity contribution in [3.05, 3.63) is 64.9 Å². The molecule has 0 saturated carbocycles. The van der Waals surface area contributed by atoms with Crippen molar-refractivity contribution in [3.63, 3.8) is 0 Å². The van der Waals surface area contributed by atoms with E-state index in [9.17, 15) is 10.2 Å². The third-order valence-corrected chi connectivity index (χ3v) is 5.38. The molecule has 6 heteroatoms. The molecule has 132 valence electrons.